The SMILES string of the molecule is COCCC1(CN=C(N)N2CCCCCC2)CC1. The Balaban J connectivity index is 1.80. The van der Waals surface area contributed by atoms with Gasteiger partial charge in [-0.1, -0.05) is 12.8 Å². The Bertz CT molecular complexity index is 279. The summed E-state index contributed by atoms with van der Waals surface area (Å²) in [4.78, 5) is 6.90. The van der Waals surface area contributed by atoms with Crippen LogP contribution in [0.2, 0.25) is 0 Å². The third-order valence-electron chi connectivity index (χ3n) is 4.30. The average molecular weight is 253 g/mol. The van der Waals surface area contributed by atoms with E-state index in [9.17, 15) is 0 Å². The van der Waals surface area contributed by atoms with Gasteiger partial charge in [-0.2, -0.15) is 0 Å². The van der Waals surface area contributed by atoms with Crippen molar-refractivity contribution in [2.24, 2.45) is 16.1 Å². The van der Waals surface area contributed by atoms with Gasteiger partial charge in [-0.3, -0.25) is 4.99 Å². The molecule has 104 valence electrons. The molecule has 0 aromatic heterocycles. The normalized spacial score (nSPS) is 23.8. The largest absolute Gasteiger partial charge is 0.385 e. The third-order valence-corrected chi connectivity index (χ3v) is 4.30. The summed E-state index contributed by atoms with van der Waals surface area (Å²) in [5.74, 6) is 0.764. The van der Waals surface area contributed by atoms with Crippen molar-refractivity contribution in [3.63, 3.8) is 0 Å². The van der Waals surface area contributed by atoms with E-state index in [1.165, 1.54) is 38.5 Å². The van der Waals surface area contributed by atoms with Crippen LogP contribution in [-0.2, 0) is 4.74 Å². The maximum atomic E-state index is 6.13. The molecule has 0 aromatic carbocycles. The maximum absolute atomic E-state index is 6.13. The Morgan fingerprint density at radius 1 is 1.22 bits per heavy atom. The van der Waals surface area contributed by atoms with Crippen LogP contribution in [0.25, 0.3) is 0 Å². The molecule has 0 bridgehead atoms. The molecule has 0 unspecified atom stereocenters. The van der Waals surface area contributed by atoms with E-state index in [1.54, 1.807) is 7.11 Å². The van der Waals surface area contributed by atoms with Crippen molar-refractivity contribution in [2.45, 2.75) is 44.9 Å². The van der Waals surface area contributed by atoms with E-state index in [0.29, 0.717) is 5.41 Å². The van der Waals surface area contributed by atoms with Crippen LogP contribution in [0.1, 0.15) is 44.9 Å². The molecule has 0 aromatic rings. The number of aliphatic imine (C=N–C) groups is 1. The molecule has 1 saturated carbocycles. The minimum atomic E-state index is 0.409. The number of rotatable bonds is 5. The highest BCUT2D eigenvalue weighted by molar-refractivity contribution is 5.78. The first-order valence-corrected chi connectivity index (χ1v) is 7.30. The fourth-order valence-corrected chi connectivity index (χ4v) is 2.63. The van der Waals surface area contributed by atoms with Gasteiger partial charge >= 0.3 is 0 Å². The van der Waals surface area contributed by atoms with Crippen LogP contribution in [-0.4, -0.2) is 44.2 Å². The zero-order chi connectivity index (χ0) is 12.8. The molecule has 1 aliphatic heterocycles. The molecular weight excluding hydrogens is 226 g/mol. The van der Waals surface area contributed by atoms with Gasteiger partial charge in [0.2, 0.25) is 0 Å². The number of ether oxygens (including phenoxy) is 1. The van der Waals surface area contributed by atoms with Gasteiger partial charge in [0.1, 0.15) is 0 Å². The molecule has 2 aliphatic rings. The van der Waals surface area contributed by atoms with Gasteiger partial charge in [-0.25, -0.2) is 0 Å². The summed E-state index contributed by atoms with van der Waals surface area (Å²) in [6.45, 7) is 3.90. The van der Waals surface area contributed by atoms with Gasteiger partial charge in [0.25, 0.3) is 0 Å². The van der Waals surface area contributed by atoms with E-state index < -0.39 is 0 Å². The maximum Gasteiger partial charge on any atom is 0.191 e. The highest BCUT2D eigenvalue weighted by atomic mass is 16.5. The molecule has 1 heterocycles. The number of methoxy groups -OCH3 is 1. The predicted octanol–water partition coefficient (Wildman–Crippen LogP) is 1.99. The van der Waals surface area contributed by atoms with Crippen LogP contribution in [0.5, 0.6) is 0 Å². The van der Waals surface area contributed by atoms with Gasteiger partial charge in [0, 0.05) is 33.4 Å². The predicted molar refractivity (Wildman–Crippen MR) is 74.7 cm³/mol. The Morgan fingerprint density at radius 2 is 1.89 bits per heavy atom. The standard InChI is InChI=1S/C14H27N3O/c1-18-11-8-14(6-7-14)12-16-13(15)17-9-4-2-3-5-10-17/h2-12H2,1H3,(H2,15,16). The zero-order valence-corrected chi connectivity index (χ0v) is 11.7. The second-order valence-electron chi connectivity index (χ2n) is 5.82. The average Bonchev–Trinajstić information content (AvgIpc) is 3.18. The number of hydrogen-bond acceptors (Lipinski definition) is 2. The fourth-order valence-electron chi connectivity index (χ4n) is 2.63. The molecule has 4 heteroatoms. The molecule has 0 amide bonds. The van der Waals surface area contributed by atoms with Gasteiger partial charge in [-0.05, 0) is 37.5 Å². The second kappa shape index (κ2) is 6.41. The highest BCUT2D eigenvalue weighted by Gasteiger charge is 2.41. The van der Waals surface area contributed by atoms with E-state index in [2.05, 4.69) is 9.89 Å². The van der Waals surface area contributed by atoms with Crippen molar-refractivity contribution in [1.82, 2.24) is 4.90 Å². The second-order valence-corrected chi connectivity index (χ2v) is 5.82. The van der Waals surface area contributed by atoms with Crippen molar-refractivity contribution in [2.75, 3.05) is 33.4 Å². The minimum Gasteiger partial charge on any atom is -0.385 e. The monoisotopic (exact) mass is 253 g/mol. The van der Waals surface area contributed by atoms with Crippen LogP contribution in [0.4, 0.5) is 0 Å². The molecule has 18 heavy (non-hydrogen) atoms. The molecule has 4 nitrogen and oxygen atoms in total. The van der Waals surface area contributed by atoms with Crippen LogP contribution >= 0.6 is 0 Å². The summed E-state index contributed by atoms with van der Waals surface area (Å²) in [5, 5.41) is 0. The minimum absolute atomic E-state index is 0.409. The van der Waals surface area contributed by atoms with Crippen molar-refractivity contribution >= 4 is 5.96 Å². The highest BCUT2D eigenvalue weighted by Crippen LogP contribution is 2.48. The summed E-state index contributed by atoms with van der Waals surface area (Å²) in [5.41, 5.74) is 6.54. The zero-order valence-electron chi connectivity index (χ0n) is 11.7. The van der Waals surface area contributed by atoms with Crippen molar-refractivity contribution < 1.29 is 4.74 Å². The molecule has 0 radical (unpaired) electrons. The molecule has 2 rings (SSSR count). The van der Waals surface area contributed by atoms with Crippen LogP contribution < -0.4 is 5.73 Å². The van der Waals surface area contributed by atoms with Crippen LogP contribution in [0.3, 0.4) is 0 Å². The third kappa shape index (κ3) is 3.87. The lowest BCUT2D eigenvalue weighted by atomic mass is 10.0. The van der Waals surface area contributed by atoms with E-state index in [-0.39, 0.29) is 0 Å². The topological polar surface area (TPSA) is 50.9 Å². The quantitative estimate of drug-likeness (QED) is 0.602. The van der Waals surface area contributed by atoms with E-state index >= 15 is 0 Å². The molecule has 2 N–H and O–H groups in total. The first kappa shape index (κ1) is 13.7. The van der Waals surface area contributed by atoms with Gasteiger partial charge in [0.15, 0.2) is 5.96 Å². The van der Waals surface area contributed by atoms with Crippen LogP contribution in [0.15, 0.2) is 4.99 Å². The fraction of sp³-hybridized carbons (Fsp3) is 0.929. The van der Waals surface area contributed by atoms with Crippen molar-refractivity contribution in [1.29, 1.82) is 0 Å². The van der Waals surface area contributed by atoms with Crippen LogP contribution in [0, 0.1) is 5.41 Å². The Hall–Kier alpha value is -0.770. The summed E-state index contributed by atoms with van der Waals surface area (Å²) < 4.78 is 5.17. The number of nitrogens with zero attached hydrogens (tertiary/aromatic N) is 2. The Kier molecular flexibility index (Phi) is 4.87. The van der Waals surface area contributed by atoms with E-state index in [4.69, 9.17) is 10.5 Å². The molecular formula is C14H27N3O. The smallest absolute Gasteiger partial charge is 0.191 e. The molecule has 1 saturated heterocycles. The summed E-state index contributed by atoms with van der Waals surface area (Å²) >= 11 is 0. The Morgan fingerprint density at radius 3 is 2.44 bits per heavy atom. The first-order chi connectivity index (χ1) is 8.76. The van der Waals surface area contributed by atoms with E-state index in [1.807, 2.05) is 0 Å². The van der Waals surface area contributed by atoms with Gasteiger partial charge in [0.05, 0.1) is 0 Å². The molecule has 2 fully saturated rings. The van der Waals surface area contributed by atoms with Crippen molar-refractivity contribution in [3.05, 3.63) is 0 Å². The van der Waals surface area contributed by atoms with E-state index in [0.717, 1.165) is 38.6 Å². The number of likely N-dealkylation sites (tertiary alicyclic amines) is 1. The summed E-state index contributed by atoms with van der Waals surface area (Å²) in [6, 6.07) is 0. The Labute approximate surface area is 111 Å². The summed E-state index contributed by atoms with van der Waals surface area (Å²) in [6.07, 6.45) is 8.87. The lowest BCUT2D eigenvalue weighted by molar-refractivity contribution is 0.174. The first-order valence-electron chi connectivity index (χ1n) is 7.30. The van der Waals surface area contributed by atoms with Gasteiger partial charge in [-0.15, -0.1) is 0 Å². The number of nitrogens with two attached hydrogens (primary N) is 1. The molecule has 0 spiro atoms. The summed E-state index contributed by atoms with van der Waals surface area (Å²) in [7, 11) is 1.77. The van der Waals surface area contributed by atoms with Crippen molar-refractivity contribution in [3.8, 4) is 0 Å². The number of hydrogen-bond donors (Lipinski definition) is 1. The lowest BCUT2D eigenvalue weighted by Crippen LogP contribution is -2.38. The lowest BCUT2D eigenvalue weighted by Gasteiger charge is -2.22. The molecule has 0 atom stereocenters. The number of guanidine groups is 1. The molecule has 1 aliphatic carbocycles. The van der Waals surface area contributed by atoms with Gasteiger partial charge < -0.3 is 15.4 Å².